The summed E-state index contributed by atoms with van der Waals surface area (Å²) < 4.78 is 10.6. The summed E-state index contributed by atoms with van der Waals surface area (Å²) in [6.45, 7) is 1.60. The first kappa shape index (κ1) is 16.9. The van der Waals surface area contributed by atoms with E-state index in [1.165, 1.54) is 4.88 Å². The van der Waals surface area contributed by atoms with Crippen molar-refractivity contribution >= 4 is 41.3 Å². The molecule has 7 heteroatoms. The van der Waals surface area contributed by atoms with Crippen molar-refractivity contribution in [2.75, 3.05) is 13.3 Å². The van der Waals surface area contributed by atoms with E-state index in [1.54, 1.807) is 11.3 Å². The second kappa shape index (κ2) is 8.23. The summed E-state index contributed by atoms with van der Waals surface area (Å²) in [5.41, 5.74) is 6.90. The van der Waals surface area contributed by atoms with Crippen LogP contribution < -0.4 is 20.5 Å². The van der Waals surface area contributed by atoms with Crippen molar-refractivity contribution in [3.8, 4) is 11.5 Å². The van der Waals surface area contributed by atoms with Crippen molar-refractivity contribution in [3.05, 3.63) is 46.2 Å². The van der Waals surface area contributed by atoms with Crippen molar-refractivity contribution < 1.29 is 9.47 Å². The Kier molecular flexibility index (Phi) is 6.32. The Hall–Kier alpha value is -1.48. The van der Waals surface area contributed by atoms with E-state index < -0.39 is 0 Å². The zero-order valence-corrected chi connectivity index (χ0v) is 15.1. The number of guanidine groups is 1. The van der Waals surface area contributed by atoms with Gasteiger partial charge in [0, 0.05) is 11.4 Å². The molecule has 0 radical (unpaired) electrons. The molecule has 0 saturated heterocycles. The molecule has 2 heterocycles. The van der Waals surface area contributed by atoms with Gasteiger partial charge in [0.15, 0.2) is 17.5 Å². The number of halogens is 1. The molecule has 1 aliphatic rings. The summed E-state index contributed by atoms with van der Waals surface area (Å²) in [4.78, 5) is 5.67. The van der Waals surface area contributed by atoms with E-state index >= 15 is 0 Å². The molecule has 0 aliphatic carbocycles. The van der Waals surface area contributed by atoms with Gasteiger partial charge in [0.25, 0.3) is 0 Å². The summed E-state index contributed by atoms with van der Waals surface area (Å²) in [6.07, 6.45) is 0.956. The molecule has 0 spiro atoms. The van der Waals surface area contributed by atoms with Gasteiger partial charge in [0.2, 0.25) is 6.79 Å². The average molecular weight is 431 g/mol. The lowest BCUT2D eigenvalue weighted by Gasteiger charge is -2.05. The number of nitrogens with two attached hydrogens (primary N) is 1. The van der Waals surface area contributed by atoms with Crippen molar-refractivity contribution in [1.29, 1.82) is 0 Å². The van der Waals surface area contributed by atoms with Crippen molar-refractivity contribution in [1.82, 2.24) is 5.32 Å². The molecule has 5 nitrogen and oxygen atoms in total. The molecule has 22 heavy (non-hydrogen) atoms. The van der Waals surface area contributed by atoms with E-state index in [0.29, 0.717) is 12.5 Å². The van der Waals surface area contributed by atoms with Crippen LogP contribution in [-0.4, -0.2) is 19.3 Å². The number of ether oxygens (including phenoxy) is 2. The zero-order valence-electron chi connectivity index (χ0n) is 12.0. The minimum absolute atomic E-state index is 0. The molecule has 3 N–H and O–H groups in total. The monoisotopic (exact) mass is 431 g/mol. The highest BCUT2D eigenvalue weighted by Crippen LogP contribution is 2.32. The summed E-state index contributed by atoms with van der Waals surface area (Å²) >= 11 is 1.75. The molecule has 0 fully saturated rings. The Labute approximate surface area is 150 Å². The number of nitrogens with one attached hydrogen (secondary N) is 1. The number of aliphatic imine (C=N–C) groups is 1. The number of thiophene rings is 1. The zero-order chi connectivity index (χ0) is 14.5. The number of fused-ring (bicyclic) bond motifs is 1. The fourth-order valence-corrected chi connectivity index (χ4v) is 2.75. The first-order valence-corrected chi connectivity index (χ1v) is 7.64. The van der Waals surface area contributed by atoms with Gasteiger partial charge in [0.1, 0.15) is 0 Å². The Bertz CT molecular complexity index is 632. The fourth-order valence-electron chi connectivity index (χ4n) is 2.04. The van der Waals surface area contributed by atoms with Gasteiger partial charge in [-0.05, 0) is 35.6 Å². The summed E-state index contributed by atoms with van der Waals surface area (Å²) in [6, 6.07) is 9.97. The van der Waals surface area contributed by atoms with Gasteiger partial charge in [-0.15, -0.1) is 35.3 Å². The molecule has 0 unspecified atom stereocenters. The standard InChI is InChI=1S/C15H17N3O2S.HI/c16-15(17-6-5-12-2-1-7-21-12)18-9-11-3-4-13-14(8-11)20-10-19-13;/h1-4,7-8H,5-6,9-10H2,(H3,16,17,18);1H. The Balaban J connectivity index is 0.00000176. The molecule has 2 aromatic rings. The predicted molar refractivity (Wildman–Crippen MR) is 99.3 cm³/mol. The highest BCUT2D eigenvalue weighted by Gasteiger charge is 2.12. The molecule has 0 amide bonds. The van der Waals surface area contributed by atoms with Crippen LogP contribution in [0.25, 0.3) is 0 Å². The second-order valence-electron chi connectivity index (χ2n) is 4.65. The van der Waals surface area contributed by atoms with E-state index in [0.717, 1.165) is 30.0 Å². The topological polar surface area (TPSA) is 68.9 Å². The van der Waals surface area contributed by atoms with Gasteiger partial charge in [-0.1, -0.05) is 12.1 Å². The Morgan fingerprint density at radius 2 is 2.14 bits per heavy atom. The predicted octanol–water partition coefficient (Wildman–Crippen LogP) is 2.74. The number of hydrogen-bond donors (Lipinski definition) is 2. The van der Waals surface area contributed by atoms with Crippen LogP contribution in [-0.2, 0) is 13.0 Å². The first-order valence-electron chi connectivity index (χ1n) is 6.76. The maximum absolute atomic E-state index is 5.86. The Morgan fingerprint density at radius 3 is 2.95 bits per heavy atom. The first-order chi connectivity index (χ1) is 10.3. The van der Waals surface area contributed by atoms with Crippen LogP contribution in [0, 0.1) is 0 Å². The number of rotatable bonds is 5. The SMILES string of the molecule is I.NC(=NCc1ccc2c(c1)OCO2)NCCc1cccs1. The van der Waals surface area contributed by atoms with E-state index in [-0.39, 0.29) is 30.8 Å². The number of nitrogens with zero attached hydrogens (tertiary/aromatic N) is 1. The number of hydrogen-bond acceptors (Lipinski definition) is 4. The van der Waals surface area contributed by atoms with Crippen LogP contribution in [0.3, 0.4) is 0 Å². The maximum Gasteiger partial charge on any atom is 0.231 e. The largest absolute Gasteiger partial charge is 0.454 e. The van der Waals surface area contributed by atoms with Gasteiger partial charge in [-0.25, -0.2) is 4.99 Å². The highest BCUT2D eigenvalue weighted by atomic mass is 127. The van der Waals surface area contributed by atoms with Crippen LogP contribution in [0.2, 0.25) is 0 Å². The molecule has 1 aliphatic heterocycles. The molecule has 0 saturated carbocycles. The molecule has 0 atom stereocenters. The summed E-state index contributed by atoms with van der Waals surface area (Å²) in [7, 11) is 0. The van der Waals surface area contributed by atoms with Gasteiger partial charge in [-0.2, -0.15) is 0 Å². The van der Waals surface area contributed by atoms with Crippen LogP contribution in [0.5, 0.6) is 11.5 Å². The highest BCUT2D eigenvalue weighted by molar-refractivity contribution is 14.0. The van der Waals surface area contributed by atoms with Crippen LogP contribution in [0.4, 0.5) is 0 Å². The lowest BCUT2D eigenvalue weighted by molar-refractivity contribution is 0.174. The minimum atomic E-state index is 0. The molecule has 1 aromatic heterocycles. The minimum Gasteiger partial charge on any atom is -0.454 e. The third kappa shape index (κ3) is 4.51. The van der Waals surface area contributed by atoms with E-state index in [9.17, 15) is 0 Å². The molecule has 0 bridgehead atoms. The van der Waals surface area contributed by atoms with Crippen LogP contribution >= 0.6 is 35.3 Å². The van der Waals surface area contributed by atoms with Gasteiger partial charge >= 0.3 is 0 Å². The van der Waals surface area contributed by atoms with E-state index in [2.05, 4.69) is 27.8 Å². The van der Waals surface area contributed by atoms with E-state index in [4.69, 9.17) is 15.2 Å². The van der Waals surface area contributed by atoms with Crippen molar-refractivity contribution in [2.45, 2.75) is 13.0 Å². The van der Waals surface area contributed by atoms with E-state index in [1.807, 2.05) is 18.2 Å². The van der Waals surface area contributed by atoms with Crippen molar-refractivity contribution in [3.63, 3.8) is 0 Å². The molecular weight excluding hydrogens is 413 g/mol. The quantitative estimate of drug-likeness (QED) is 0.434. The summed E-state index contributed by atoms with van der Waals surface area (Å²) in [5.74, 6) is 2.01. The third-order valence-corrected chi connectivity index (χ3v) is 4.06. The third-order valence-electron chi connectivity index (χ3n) is 3.13. The fraction of sp³-hybridized carbons (Fsp3) is 0.267. The average Bonchev–Trinajstić information content (AvgIpc) is 3.15. The smallest absolute Gasteiger partial charge is 0.231 e. The normalized spacial score (nSPS) is 12.8. The molecule has 3 rings (SSSR count). The van der Waals surface area contributed by atoms with Gasteiger partial charge in [-0.3, -0.25) is 0 Å². The maximum atomic E-state index is 5.86. The van der Waals surface area contributed by atoms with Crippen LogP contribution in [0.15, 0.2) is 40.7 Å². The second-order valence-corrected chi connectivity index (χ2v) is 5.68. The number of benzene rings is 1. The Morgan fingerprint density at radius 1 is 1.27 bits per heavy atom. The lowest BCUT2D eigenvalue weighted by atomic mass is 10.2. The van der Waals surface area contributed by atoms with Gasteiger partial charge in [0.05, 0.1) is 6.54 Å². The van der Waals surface area contributed by atoms with Gasteiger partial charge < -0.3 is 20.5 Å². The summed E-state index contributed by atoms with van der Waals surface area (Å²) in [5, 5.41) is 5.20. The lowest BCUT2D eigenvalue weighted by Crippen LogP contribution is -2.33. The molecule has 118 valence electrons. The van der Waals surface area contributed by atoms with Crippen molar-refractivity contribution in [2.24, 2.45) is 10.7 Å². The molecular formula is C15H18IN3O2S. The molecule has 1 aromatic carbocycles. The van der Waals surface area contributed by atoms with Crippen LogP contribution in [0.1, 0.15) is 10.4 Å².